The molecule has 0 aromatic heterocycles. The molecule has 0 saturated carbocycles. The van der Waals surface area contributed by atoms with Crippen molar-refractivity contribution in [2.75, 3.05) is 40.4 Å². The van der Waals surface area contributed by atoms with Crippen LogP contribution >= 0.6 is 0 Å². The molecule has 0 aliphatic carbocycles. The molecule has 0 aliphatic heterocycles. The second-order valence-electron chi connectivity index (χ2n) is 4.80. The average molecular weight is 280 g/mol. The third-order valence-electron chi connectivity index (χ3n) is 3.37. The van der Waals surface area contributed by atoms with Gasteiger partial charge in [0.25, 0.3) is 0 Å². The first-order valence-corrected chi connectivity index (χ1v) is 7.39. The number of ether oxygens (including phenoxy) is 2. The number of nitrogens with zero attached hydrogens (tertiary/aromatic N) is 1. The molecule has 1 rings (SSSR count). The van der Waals surface area contributed by atoms with Crippen LogP contribution in [-0.4, -0.2) is 45.3 Å². The Hall–Kier alpha value is -1.26. The van der Waals surface area contributed by atoms with Crippen LogP contribution in [0.25, 0.3) is 0 Å². The van der Waals surface area contributed by atoms with Crippen LogP contribution in [0, 0.1) is 0 Å². The standard InChI is InChI=1S/C16H28N2O2/c1-5-10-18(6-2)11-9-17-13-14-7-8-15(19-3)16(12-14)20-4/h7-8,12,17H,5-6,9-11,13H2,1-4H3. The quantitative estimate of drug-likeness (QED) is 0.668. The molecule has 0 fully saturated rings. The van der Waals surface area contributed by atoms with Gasteiger partial charge in [-0.2, -0.15) is 0 Å². The van der Waals surface area contributed by atoms with E-state index in [0.29, 0.717) is 0 Å². The number of nitrogens with one attached hydrogen (secondary N) is 1. The fourth-order valence-electron chi connectivity index (χ4n) is 2.20. The van der Waals surface area contributed by atoms with E-state index in [0.717, 1.165) is 37.7 Å². The summed E-state index contributed by atoms with van der Waals surface area (Å²) in [7, 11) is 3.32. The molecule has 0 unspecified atom stereocenters. The average Bonchev–Trinajstić information content (AvgIpc) is 2.50. The van der Waals surface area contributed by atoms with Crippen molar-refractivity contribution in [1.82, 2.24) is 10.2 Å². The largest absolute Gasteiger partial charge is 0.493 e. The van der Waals surface area contributed by atoms with Gasteiger partial charge in [0.05, 0.1) is 14.2 Å². The maximum absolute atomic E-state index is 5.31. The van der Waals surface area contributed by atoms with Gasteiger partial charge >= 0.3 is 0 Å². The summed E-state index contributed by atoms with van der Waals surface area (Å²) in [5, 5.41) is 3.48. The molecule has 0 saturated heterocycles. The Balaban J connectivity index is 2.38. The zero-order valence-electron chi connectivity index (χ0n) is 13.2. The van der Waals surface area contributed by atoms with Crippen molar-refractivity contribution in [2.24, 2.45) is 0 Å². The molecule has 0 aliphatic rings. The number of rotatable bonds is 10. The van der Waals surface area contributed by atoms with Crippen molar-refractivity contribution < 1.29 is 9.47 Å². The van der Waals surface area contributed by atoms with Gasteiger partial charge in [-0.25, -0.2) is 0 Å². The maximum Gasteiger partial charge on any atom is 0.161 e. The van der Waals surface area contributed by atoms with Crippen LogP contribution in [0.1, 0.15) is 25.8 Å². The Morgan fingerprint density at radius 1 is 1.05 bits per heavy atom. The minimum Gasteiger partial charge on any atom is -0.493 e. The molecule has 1 N–H and O–H groups in total. The highest BCUT2D eigenvalue weighted by Crippen LogP contribution is 2.27. The zero-order valence-corrected chi connectivity index (χ0v) is 13.2. The van der Waals surface area contributed by atoms with Crippen LogP contribution in [0.2, 0.25) is 0 Å². The van der Waals surface area contributed by atoms with Gasteiger partial charge in [-0.05, 0) is 37.2 Å². The van der Waals surface area contributed by atoms with Crippen molar-refractivity contribution in [3.8, 4) is 11.5 Å². The molecule has 0 spiro atoms. The van der Waals surface area contributed by atoms with Gasteiger partial charge < -0.3 is 19.7 Å². The summed E-state index contributed by atoms with van der Waals surface area (Å²) in [6.45, 7) is 9.67. The molecule has 114 valence electrons. The first kappa shape index (κ1) is 16.8. The van der Waals surface area contributed by atoms with Gasteiger partial charge in [-0.3, -0.25) is 0 Å². The topological polar surface area (TPSA) is 33.7 Å². The van der Waals surface area contributed by atoms with Crippen molar-refractivity contribution in [3.05, 3.63) is 23.8 Å². The first-order valence-electron chi connectivity index (χ1n) is 7.39. The Bertz CT molecular complexity index is 383. The molecular weight excluding hydrogens is 252 g/mol. The van der Waals surface area contributed by atoms with Gasteiger partial charge in [0, 0.05) is 19.6 Å². The third-order valence-corrected chi connectivity index (χ3v) is 3.37. The number of benzene rings is 1. The zero-order chi connectivity index (χ0) is 14.8. The summed E-state index contributed by atoms with van der Waals surface area (Å²) in [6.07, 6.45) is 1.21. The van der Waals surface area contributed by atoms with E-state index >= 15 is 0 Å². The summed E-state index contributed by atoms with van der Waals surface area (Å²) in [5.41, 5.74) is 1.21. The van der Waals surface area contributed by atoms with E-state index < -0.39 is 0 Å². The maximum atomic E-state index is 5.31. The smallest absolute Gasteiger partial charge is 0.161 e. The minimum atomic E-state index is 0.774. The second-order valence-corrected chi connectivity index (χ2v) is 4.80. The van der Waals surface area contributed by atoms with Crippen LogP contribution in [-0.2, 0) is 6.54 Å². The van der Waals surface area contributed by atoms with Gasteiger partial charge in [0.1, 0.15) is 0 Å². The van der Waals surface area contributed by atoms with Gasteiger partial charge in [-0.15, -0.1) is 0 Å². The van der Waals surface area contributed by atoms with E-state index in [9.17, 15) is 0 Å². The molecule has 20 heavy (non-hydrogen) atoms. The molecule has 0 atom stereocenters. The summed E-state index contributed by atoms with van der Waals surface area (Å²) in [4.78, 5) is 2.46. The fraction of sp³-hybridized carbons (Fsp3) is 0.625. The molecule has 1 aromatic carbocycles. The predicted molar refractivity (Wildman–Crippen MR) is 83.7 cm³/mol. The SMILES string of the molecule is CCCN(CC)CCNCc1ccc(OC)c(OC)c1. The van der Waals surface area contributed by atoms with Crippen molar-refractivity contribution in [1.29, 1.82) is 0 Å². The highest BCUT2D eigenvalue weighted by molar-refractivity contribution is 5.42. The number of hydrogen-bond donors (Lipinski definition) is 1. The second kappa shape index (κ2) is 9.61. The summed E-state index contributed by atoms with van der Waals surface area (Å²) in [6, 6.07) is 6.04. The van der Waals surface area contributed by atoms with Crippen LogP contribution in [0.4, 0.5) is 0 Å². The molecule has 1 aromatic rings. The van der Waals surface area contributed by atoms with E-state index in [-0.39, 0.29) is 0 Å². The molecule has 0 heterocycles. The summed E-state index contributed by atoms with van der Waals surface area (Å²) in [5.74, 6) is 1.56. The Morgan fingerprint density at radius 3 is 2.40 bits per heavy atom. The van der Waals surface area contributed by atoms with Crippen LogP contribution in [0.15, 0.2) is 18.2 Å². The highest BCUT2D eigenvalue weighted by atomic mass is 16.5. The van der Waals surface area contributed by atoms with Crippen molar-refractivity contribution >= 4 is 0 Å². The molecule has 0 radical (unpaired) electrons. The lowest BCUT2D eigenvalue weighted by molar-refractivity contribution is 0.287. The van der Waals surface area contributed by atoms with Crippen LogP contribution < -0.4 is 14.8 Å². The lowest BCUT2D eigenvalue weighted by Crippen LogP contribution is -2.32. The minimum absolute atomic E-state index is 0.774. The van der Waals surface area contributed by atoms with Crippen LogP contribution in [0.5, 0.6) is 11.5 Å². The number of likely N-dealkylation sites (N-methyl/N-ethyl adjacent to an activating group) is 1. The Labute approximate surface area is 123 Å². The number of hydrogen-bond acceptors (Lipinski definition) is 4. The van der Waals surface area contributed by atoms with E-state index in [4.69, 9.17) is 9.47 Å². The van der Waals surface area contributed by atoms with E-state index in [1.54, 1.807) is 14.2 Å². The third kappa shape index (κ3) is 5.39. The van der Waals surface area contributed by atoms with Crippen molar-refractivity contribution in [3.63, 3.8) is 0 Å². The predicted octanol–water partition coefficient (Wildman–Crippen LogP) is 2.53. The van der Waals surface area contributed by atoms with E-state index in [2.05, 4.69) is 30.1 Å². The van der Waals surface area contributed by atoms with Crippen molar-refractivity contribution in [2.45, 2.75) is 26.8 Å². The van der Waals surface area contributed by atoms with E-state index in [1.165, 1.54) is 18.5 Å². The molecule has 0 amide bonds. The Morgan fingerprint density at radius 2 is 1.80 bits per heavy atom. The summed E-state index contributed by atoms with van der Waals surface area (Å²) < 4.78 is 10.5. The number of methoxy groups -OCH3 is 2. The highest BCUT2D eigenvalue weighted by Gasteiger charge is 2.04. The van der Waals surface area contributed by atoms with Gasteiger partial charge in [-0.1, -0.05) is 19.9 Å². The van der Waals surface area contributed by atoms with Gasteiger partial charge in [0.15, 0.2) is 11.5 Å². The fourth-order valence-corrected chi connectivity index (χ4v) is 2.20. The molecule has 0 bridgehead atoms. The lowest BCUT2D eigenvalue weighted by Gasteiger charge is -2.19. The first-order chi connectivity index (χ1) is 9.74. The molecular formula is C16H28N2O2. The van der Waals surface area contributed by atoms with Crippen LogP contribution in [0.3, 0.4) is 0 Å². The normalized spacial score (nSPS) is 10.8. The monoisotopic (exact) mass is 280 g/mol. The summed E-state index contributed by atoms with van der Waals surface area (Å²) >= 11 is 0. The lowest BCUT2D eigenvalue weighted by atomic mass is 10.2. The molecule has 4 nitrogen and oxygen atoms in total. The molecule has 4 heteroatoms. The Kier molecular flexibility index (Phi) is 8.07. The van der Waals surface area contributed by atoms with Gasteiger partial charge in [0.2, 0.25) is 0 Å². The van der Waals surface area contributed by atoms with E-state index in [1.807, 2.05) is 12.1 Å².